The van der Waals surface area contributed by atoms with E-state index < -0.39 is 16.1 Å². The van der Waals surface area contributed by atoms with Crippen molar-refractivity contribution in [3.05, 3.63) is 54.1 Å². The van der Waals surface area contributed by atoms with Gasteiger partial charge in [-0.3, -0.25) is 4.98 Å². The number of sulfonamides is 1. The van der Waals surface area contributed by atoms with Gasteiger partial charge in [0, 0.05) is 24.6 Å². The first kappa shape index (κ1) is 14.1. The third-order valence-electron chi connectivity index (χ3n) is 2.68. The predicted molar refractivity (Wildman–Crippen MR) is 71.9 cm³/mol. The van der Waals surface area contributed by atoms with Gasteiger partial charge in [-0.05, 0) is 30.7 Å². The molecule has 1 atom stereocenters. The highest BCUT2D eigenvalue weighted by atomic mass is 32.2. The Balaban J connectivity index is 2.31. The van der Waals surface area contributed by atoms with E-state index in [2.05, 4.69) is 14.7 Å². The SMILES string of the molecule is CC(NS(=O)(=O)c1cccnc1C#N)c1cccnc1. The number of aromatic nitrogens is 2. The van der Waals surface area contributed by atoms with Gasteiger partial charge in [-0.2, -0.15) is 5.26 Å². The van der Waals surface area contributed by atoms with Crippen LogP contribution < -0.4 is 4.72 Å². The van der Waals surface area contributed by atoms with Gasteiger partial charge >= 0.3 is 0 Å². The zero-order valence-corrected chi connectivity index (χ0v) is 11.5. The number of nitriles is 1. The minimum atomic E-state index is -3.81. The van der Waals surface area contributed by atoms with Crippen molar-refractivity contribution in [3.8, 4) is 6.07 Å². The van der Waals surface area contributed by atoms with Gasteiger partial charge in [0.1, 0.15) is 11.0 Å². The maximum absolute atomic E-state index is 12.3. The van der Waals surface area contributed by atoms with Crippen molar-refractivity contribution < 1.29 is 8.42 Å². The Hall–Kier alpha value is -2.30. The molecule has 7 heteroatoms. The van der Waals surface area contributed by atoms with Crippen molar-refractivity contribution in [1.82, 2.24) is 14.7 Å². The molecule has 0 saturated heterocycles. The Morgan fingerprint density at radius 3 is 2.70 bits per heavy atom. The summed E-state index contributed by atoms with van der Waals surface area (Å²) in [5, 5.41) is 8.92. The van der Waals surface area contributed by atoms with Gasteiger partial charge in [0.15, 0.2) is 5.69 Å². The first-order chi connectivity index (χ1) is 9.54. The third-order valence-corrected chi connectivity index (χ3v) is 4.25. The molecule has 0 amide bonds. The molecule has 20 heavy (non-hydrogen) atoms. The molecule has 1 unspecified atom stereocenters. The molecule has 2 aromatic rings. The van der Waals surface area contributed by atoms with Gasteiger partial charge in [0.2, 0.25) is 10.0 Å². The molecule has 6 nitrogen and oxygen atoms in total. The molecule has 0 bridgehead atoms. The quantitative estimate of drug-likeness (QED) is 0.917. The highest BCUT2D eigenvalue weighted by Gasteiger charge is 2.22. The Bertz CT molecular complexity index is 738. The van der Waals surface area contributed by atoms with Crippen molar-refractivity contribution in [2.24, 2.45) is 0 Å². The number of nitrogens with zero attached hydrogens (tertiary/aromatic N) is 3. The fraction of sp³-hybridized carbons (Fsp3) is 0.154. The summed E-state index contributed by atoms with van der Waals surface area (Å²) < 4.78 is 27.1. The molecule has 102 valence electrons. The van der Waals surface area contributed by atoms with E-state index in [1.807, 2.05) is 0 Å². The van der Waals surface area contributed by atoms with Crippen LogP contribution in [0.25, 0.3) is 0 Å². The van der Waals surface area contributed by atoms with Gasteiger partial charge in [-0.15, -0.1) is 0 Å². The van der Waals surface area contributed by atoms with E-state index in [1.54, 1.807) is 37.5 Å². The summed E-state index contributed by atoms with van der Waals surface area (Å²) in [4.78, 5) is 7.57. The van der Waals surface area contributed by atoms with Crippen molar-refractivity contribution in [3.63, 3.8) is 0 Å². The molecule has 0 aliphatic carbocycles. The Morgan fingerprint density at radius 1 is 1.30 bits per heavy atom. The van der Waals surface area contributed by atoms with Gasteiger partial charge in [0.05, 0.1) is 0 Å². The molecule has 0 saturated carbocycles. The summed E-state index contributed by atoms with van der Waals surface area (Å²) in [5.74, 6) is 0. The summed E-state index contributed by atoms with van der Waals surface area (Å²) in [5.41, 5.74) is 0.608. The summed E-state index contributed by atoms with van der Waals surface area (Å²) in [6, 6.07) is 7.64. The molecular formula is C13H12N4O2S. The first-order valence-corrected chi connectivity index (χ1v) is 7.30. The van der Waals surface area contributed by atoms with Crippen LogP contribution >= 0.6 is 0 Å². The van der Waals surface area contributed by atoms with Gasteiger partial charge < -0.3 is 0 Å². The van der Waals surface area contributed by atoms with E-state index in [0.29, 0.717) is 0 Å². The molecular weight excluding hydrogens is 276 g/mol. The van der Waals surface area contributed by atoms with E-state index in [-0.39, 0.29) is 10.6 Å². The standard InChI is InChI=1S/C13H12N4O2S/c1-10(11-4-2-6-15-9-11)17-20(18,19)13-5-3-7-16-12(13)8-14/h2-7,9-10,17H,1H3. The normalized spacial score (nSPS) is 12.6. The summed E-state index contributed by atoms with van der Waals surface area (Å²) in [7, 11) is -3.81. The third kappa shape index (κ3) is 2.99. The van der Waals surface area contributed by atoms with E-state index in [9.17, 15) is 8.42 Å². The van der Waals surface area contributed by atoms with Crippen LogP contribution in [0.2, 0.25) is 0 Å². The van der Waals surface area contributed by atoms with E-state index >= 15 is 0 Å². The lowest BCUT2D eigenvalue weighted by atomic mass is 10.2. The summed E-state index contributed by atoms with van der Waals surface area (Å²) >= 11 is 0. The van der Waals surface area contributed by atoms with Gasteiger partial charge in [0.25, 0.3) is 0 Å². The molecule has 2 rings (SSSR count). The summed E-state index contributed by atoms with van der Waals surface area (Å²) in [6.07, 6.45) is 4.57. The highest BCUT2D eigenvalue weighted by molar-refractivity contribution is 7.89. The summed E-state index contributed by atoms with van der Waals surface area (Å²) in [6.45, 7) is 1.71. The molecule has 2 aromatic heterocycles. The Labute approximate surface area is 117 Å². The van der Waals surface area contributed by atoms with Gasteiger partial charge in [-0.1, -0.05) is 6.07 Å². The second kappa shape index (κ2) is 5.77. The lowest BCUT2D eigenvalue weighted by molar-refractivity contribution is 0.566. The molecule has 0 aliphatic heterocycles. The van der Waals surface area contributed by atoms with Gasteiger partial charge in [-0.25, -0.2) is 18.1 Å². The zero-order chi connectivity index (χ0) is 14.6. The molecule has 0 aromatic carbocycles. The number of nitrogens with one attached hydrogen (secondary N) is 1. The lowest BCUT2D eigenvalue weighted by Crippen LogP contribution is -2.27. The molecule has 0 fully saturated rings. The maximum Gasteiger partial charge on any atom is 0.244 e. The second-order valence-corrected chi connectivity index (χ2v) is 5.77. The predicted octanol–water partition coefficient (Wildman–Crippen LogP) is 1.39. The van der Waals surface area contributed by atoms with Crippen molar-refractivity contribution >= 4 is 10.0 Å². The zero-order valence-electron chi connectivity index (χ0n) is 10.7. The van der Waals surface area contributed by atoms with Crippen LogP contribution in [0.15, 0.2) is 47.8 Å². The number of pyridine rings is 2. The van der Waals surface area contributed by atoms with Crippen molar-refractivity contribution in [2.45, 2.75) is 17.9 Å². The van der Waals surface area contributed by atoms with Crippen LogP contribution in [-0.2, 0) is 10.0 Å². The maximum atomic E-state index is 12.3. The largest absolute Gasteiger partial charge is 0.264 e. The van der Waals surface area contributed by atoms with E-state index in [4.69, 9.17) is 5.26 Å². The average molecular weight is 288 g/mol. The van der Waals surface area contributed by atoms with Crippen LogP contribution in [0.3, 0.4) is 0 Å². The average Bonchev–Trinajstić information content (AvgIpc) is 2.47. The smallest absolute Gasteiger partial charge is 0.244 e. The fourth-order valence-corrected chi connectivity index (χ4v) is 3.03. The number of hydrogen-bond donors (Lipinski definition) is 1. The number of hydrogen-bond acceptors (Lipinski definition) is 5. The van der Waals surface area contributed by atoms with Crippen molar-refractivity contribution in [2.75, 3.05) is 0 Å². The minimum absolute atomic E-state index is 0.126. The van der Waals surface area contributed by atoms with Crippen LogP contribution in [0.1, 0.15) is 24.2 Å². The first-order valence-electron chi connectivity index (χ1n) is 5.82. The second-order valence-electron chi connectivity index (χ2n) is 4.09. The molecule has 2 heterocycles. The topological polar surface area (TPSA) is 95.7 Å². The number of rotatable bonds is 4. The van der Waals surface area contributed by atoms with Crippen LogP contribution in [-0.4, -0.2) is 18.4 Å². The fourth-order valence-electron chi connectivity index (χ4n) is 1.69. The monoisotopic (exact) mass is 288 g/mol. The van der Waals surface area contributed by atoms with Crippen LogP contribution in [0.5, 0.6) is 0 Å². The van der Waals surface area contributed by atoms with E-state index in [0.717, 1.165) is 5.56 Å². The molecule has 0 spiro atoms. The minimum Gasteiger partial charge on any atom is -0.264 e. The van der Waals surface area contributed by atoms with E-state index in [1.165, 1.54) is 18.3 Å². The molecule has 0 aliphatic rings. The lowest BCUT2D eigenvalue weighted by Gasteiger charge is -2.14. The molecule has 0 radical (unpaired) electrons. The van der Waals surface area contributed by atoms with Crippen molar-refractivity contribution in [1.29, 1.82) is 5.26 Å². The Morgan fingerprint density at radius 2 is 2.05 bits per heavy atom. The van der Waals surface area contributed by atoms with Crippen LogP contribution in [0, 0.1) is 11.3 Å². The van der Waals surface area contributed by atoms with Crippen LogP contribution in [0.4, 0.5) is 0 Å². The molecule has 1 N–H and O–H groups in total. The highest BCUT2D eigenvalue weighted by Crippen LogP contribution is 2.17. The Kier molecular flexibility index (Phi) is 4.08.